The van der Waals surface area contributed by atoms with E-state index in [4.69, 9.17) is 4.74 Å². The van der Waals surface area contributed by atoms with Gasteiger partial charge in [0, 0.05) is 6.54 Å². The summed E-state index contributed by atoms with van der Waals surface area (Å²) >= 11 is 0. The first-order valence-electron chi connectivity index (χ1n) is 12.6. The molecule has 0 aliphatic carbocycles. The van der Waals surface area contributed by atoms with Crippen LogP contribution in [0.15, 0.2) is 77.6 Å². The van der Waals surface area contributed by atoms with Crippen molar-refractivity contribution in [1.82, 2.24) is 14.5 Å². The van der Waals surface area contributed by atoms with E-state index in [2.05, 4.69) is 4.98 Å². The summed E-state index contributed by atoms with van der Waals surface area (Å²) in [6.07, 6.45) is -9.58. The summed E-state index contributed by atoms with van der Waals surface area (Å²) in [4.78, 5) is 32.8. The first kappa shape index (κ1) is 30.7. The summed E-state index contributed by atoms with van der Waals surface area (Å²) in [6, 6.07) is 14.2. The molecule has 0 spiro atoms. The van der Waals surface area contributed by atoms with Gasteiger partial charge in [0.15, 0.2) is 0 Å². The van der Waals surface area contributed by atoms with Crippen LogP contribution in [-0.2, 0) is 22.1 Å². The summed E-state index contributed by atoms with van der Waals surface area (Å²) in [6.45, 7) is -0.943. The molecule has 222 valence electrons. The van der Waals surface area contributed by atoms with E-state index in [1.807, 2.05) is 0 Å². The Morgan fingerprint density at radius 1 is 0.952 bits per heavy atom. The predicted molar refractivity (Wildman–Crippen MR) is 139 cm³/mol. The maximum atomic E-state index is 13.7. The van der Waals surface area contributed by atoms with Gasteiger partial charge < -0.3 is 9.64 Å². The summed E-state index contributed by atoms with van der Waals surface area (Å²) in [5.74, 6) is -1.20. The van der Waals surface area contributed by atoms with Gasteiger partial charge in [0.25, 0.3) is 5.56 Å². The van der Waals surface area contributed by atoms with Gasteiger partial charge in [-0.25, -0.2) is 9.37 Å². The van der Waals surface area contributed by atoms with Crippen LogP contribution in [0, 0.1) is 5.82 Å². The van der Waals surface area contributed by atoms with Gasteiger partial charge >= 0.3 is 12.4 Å². The number of carbonyl (C=O) groups is 1. The number of ether oxygens (including phenoxy) is 1. The molecule has 1 aromatic heterocycles. The van der Waals surface area contributed by atoms with Gasteiger partial charge in [-0.3, -0.25) is 14.2 Å². The Kier molecular flexibility index (Phi) is 9.00. The number of alkyl halides is 6. The van der Waals surface area contributed by atoms with Crippen LogP contribution in [0.5, 0.6) is 0 Å². The molecular weight excluding hydrogens is 571 g/mol. The van der Waals surface area contributed by atoms with E-state index in [1.54, 1.807) is 18.2 Å². The summed E-state index contributed by atoms with van der Waals surface area (Å²) in [7, 11) is 0. The van der Waals surface area contributed by atoms with Crippen LogP contribution < -0.4 is 5.56 Å². The summed E-state index contributed by atoms with van der Waals surface area (Å²) in [5, 5.41) is 0.230. The molecule has 4 aromatic rings. The third-order valence-electron chi connectivity index (χ3n) is 6.43. The molecule has 1 amide bonds. The monoisotopic (exact) mass is 595 g/mol. The highest BCUT2D eigenvalue weighted by Gasteiger charge is 2.31. The number of hydrogen-bond donors (Lipinski definition) is 0. The Morgan fingerprint density at radius 2 is 1.60 bits per heavy atom. The number of amides is 1. The van der Waals surface area contributed by atoms with Crippen LogP contribution in [0.3, 0.4) is 0 Å². The molecule has 6 nitrogen and oxygen atoms in total. The lowest BCUT2D eigenvalue weighted by molar-refractivity contribution is -0.175. The normalized spacial score (nSPS) is 12.9. The molecule has 0 saturated heterocycles. The fraction of sp³-hybridized carbons (Fsp3) is 0.276. The largest absolute Gasteiger partial charge is 0.416 e. The first-order valence-corrected chi connectivity index (χ1v) is 12.6. The SMILES string of the molecule is C[C@H](c1nc2ccccc2c(=O)n1-c1ccc(F)cc1)N(CCOCC(F)(F)F)C(=O)Cc1ccc(C(F)(F)F)cc1. The van der Waals surface area contributed by atoms with E-state index in [0.717, 1.165) is 41.3 Å². The third kappa shape index (κ3) is 7.32. The van der Waals surface area contributed by atoms with E-state index >= 15 is 0 Å². The number of benzene rings is 3. The van der Waals surface area contributed by atoms with Crippen molar-refractivity contribution in [2.45, 2.75) is 31.7 Å². The predicted octanol–water partition coefficient (Wildman–Crippen LogP) is 6.25. The zero-order valence-corrected chi connectivity index (χ0v) is 22.0. The number of para-hydroxylation sites is 1. The molecule has 0 unspecified atom stereocenters. The minimum Gasteiger partial charge on any atom is -0.370 e. The number of fused-ring (bicyclic) bond motifs is 1. The Bertz CT molecular complexity index is 1600. The highest BCUT2D eigenvalue weighted by atomic mass is 19.4. The molecule has 42 heavy (non-hydrogen) atoms. The zero-order chi connectivity index (χ0) is 30.7. The summed E-state index contributed by atoms with van der Waals surface area (Å²) < 4.78 is 96.5. The maximum Gasteiger partial charge on any atom is 0.416 e. The highest BCUT2D eigenvalue weighted by Crippen LogP contribution is 2.30. The van der Waals surface area contributed by atoms with Gasteiger partial charge in [0.1, 0.15) is 18.2 Å². The molecule has 0 N–H and O–H groups in total. The van der Waals surface area contributed by atoms with Crippen LogP contribution in [0.1, 0.15) is 29.9 Å². The van der Waals surface area contributed by atoms with Gasteiger partial charge in [-0.2, -0.15) is 26.3 Å². The van der Waals surface area contributed by atoms with E-state index in [-0.39, 0.29) is 34.5 Å². The number of nitrogens with zero attached hydrogens (tertiary/aromatic N) is 3. The molecular formula is C29H24F7N3O3. The van der Waals surface area contributed by atoms with Crippen molar-refractivity contribution < 1.29 is 40.3 Å². The number of aromatic nitrogens is 2. The van der Waals surface area contributed by atoms with Crippen molar-refractivity contribution in [2.24, 2.45) is 0 Å². The van der Waals surface area contributed by atoms with E-state index < -0.39 is 60.9 Å². The molecule has 0 fully saturated rings. The lowest BCUT2D eigenvalue weighted by Crippen LogP contribution is -2.40. The molecule has 1 heterocycles. The molecule has 0 aliphatic heterocycles. The number of rotatable bonds is 9. The summed E-state index contributed by atoms with van der Waals surface area (Å²) in [5.41, 5.74) is -0.703. The van der Waals surface area contributed by atoms with E-state index in [0.29, 0.717) is 0 Å². The fourth-order valence-electron chi connectivity index (χ4n) is 4.38. The first-order chi connectivity index (χ1) is 19.7. The molecule has 3 aromatic carbocycles. The van der Waals surface area contributed by atoms with Crippen LogP contribution in [0.4, 0.5) is 30.7 Å². The van der Waals surface area contributed by atoms with Crippen LogP contribution in [0.2, 0.25) is 0 Å². The topological polar surface area (TPSA) is 64.4 Å². The average Bonchev–Trinajstić information content (AvgIpc) is 2.92. The van der Waals surface area contributed by atoms with Crippen molar-refractivity contribution in [3.8, 4) is 5.69 Å². The molecule has 1 atom stereocenters. The lowest BCUT2D eigenvalue weighted by Gasteiger charge is -2.31. The fourth-order valence-corrected chi connectivity index (χ4v) is 4.38. The second-order valence-corrected chi connectivity index (χ2v) is 9.41. The van der Waals surface area contributed by atoms with Crippen molar-refractivity contribution in [3.05, 3.63) is 106 Å². The van der Waals surface area contributed by atoms with Gasteiger partial charge in [-0.1, -0.05) is 24.3 Å². The number of hydrogen-bond acceptors (Lipinski definition) is 4. The van der Waals surface area contributed by atoms with Gasteiger partial charge in [-0.15, -0.1) is 0 Å². The quantitative estimate of drug-likeness (QED) is 0.170. The number of halogens is 7. The Morgan fingerprint density at radius 3 is 2.21 bits per heavy atom. The van der Waals surface area contributed by atoms with Gasteiger partial charge in [-0.05, 0) is 61.0 Å². The minimum atomic E-state index is -4.61. The van der Waals surface area contributed by atoms with Crippen molar-refractivity contribution in [2.75, 3.05) is 19.8 Å². The molecule has 0 bridgehead atoms. The average molecular weight is 596 g/mol. The Labute approximate surface area is 235 Å². The molecule has 4 rings (SSSR count). The standard InChI is InChI=1S/C29H24F7N3O3/c1-18(26-37-24-5-3-2-4-23(24)27(41)39(26)22-12-10-21(30)11-13-22)38(14-15-42-17-28(31,32)33)25(40)16-19-6-8-20(9-7-19)29(34,35)36/h2-13,18H,14-17H2,1H3/t18-/m1/s1. The smallest absolute Gasteiger partial charge is 0.370 e. The van der Waals surface area contributed by atoms with E-state index in [9.17, 15) is 40.3 Å². The Hall–Kier alpha value is -4.26. The second-order valence-electron chi connectivity index (χ2n) is 9.41. The maximum absolute atomic E-state index is 13.7. The Balaban J connectivity index is 1.74. The second kappa shape index (κ2) is 12.3. The van der Waals surface area contributed by atoms with E-state index in [1.165, 1.54) is 29.7 Å². The molecule has 0 radical (unpaired) electrons. The molecule has 0 saturated carbocycles. The van der Waals surface area contributed by atoms with Crippen LogP contribution >= 0.6 is 0 Å². The number of carbonyl (C=O) groups excluding carboxylic acids is 1. The lowest BCUT2D eigenvalue weighted by atomic mass is 10.1. The van der Waals surface area contributed by atoms with Crippen molar-refractivity contribution in [1.29, 1.82) is 0 Å². The zero-order valence-electron chi connectivity index (χ0n) is 22.0. The van der Waals surface area contributed by atoms with Crippen molar-refractivity contribution >= 4 is 16.8 Å². The molecule has 13 heteroatoms. The van der Waals surface area contributed by atoms with Crippen molar-refractivity contribution in [3.63, 3.8) is 0 Å². The van der Waals surface area contributed by atoms with Gasteiger partial charge in [0.05, 0.1) is 41.2 Å². The minimum absolute atomic E-state index is 0.0295. The highest BCUT2D eigenvalue weighted by molar-refractivity contribution is 5.80. The third-order valence-corrected chi connectivity index (χ3v) is 6.43. The van der Waals surface area contributed by atoms with Crippen LogP contribution in [-0.4, -0.2) is 46.3 Å². The molecule has 0 aliphatic rings. The van der Waals surface area contributed by atoms with Gasteiger partial charge in [0.2, 0.25) is 5.91 Å². The van der Waals surface area contributed by atoms with Crippen LogP contribution in [0.25, 0.3) is 16.6 Å².